The number of nitrogens with one attached hydrogen (secondary N) is 2. The topological polar surface area (TPSA) is 134 Å². The number of hydrogen-bond donors (Lipinski definition) is 3. The van der Waals surface area contributed by atoms with Crippen LogP contribution in [0.5, 0.6) is 5.19 Å². The van der Waals surface area contributed by atoms with Gasteiger partial charge in [-0.3, -0.25) is 9.48 Å². The highest BCUT2D eigenvalue weighted by molar-refractivity contribution is 7.21. The van der Waals surface area contributed by atoms with Crippen molar-refractivity contribution in [2.45, 2.75) is 39.0 Å². The van der Waals surface area contributed by atoms with Crippen molar-refractivity contribution in [2.75, 3.05) is 30.4 Å². The number of carbonyl (C=O) groups excluding carboxylic acids is 1. The number of aromatic nitrogens is 4. The number of alkyl halides is 3. The maximum absolute atomic E-state index is 13.3. The Morgan fingerprint density at radius 1 is 1.18 bits per heavy atom. The summed E-state index contributed by atoms with van der Waals surface area (Å²) in [4.78, 5) is 33.7. The lowest BCUT2D eigenvalue weighted by Crippen LogP contribution is -2.54. The maximum atomic E-state index is 13.3. The monoisotopic (exact) mass is 579 g/mol. The Morgan fingerprint density at radius 2 is 1.82 bits per heavy atom. The number of fused-ring (bicyclic) bond motifs is 2. The number of carbonyl (C=O) groups is 2. The lowest BCUT2D eigenvalue weighted by atomic mass is 10.1. The summed E-state index contributed by atoms with van der Waals surface area (Å²) < 4.78 is 39.8. The number of nitrogens with zero attached hydrogens (tertiary/aromatic N) is 5. The molecular weight excluding hydrogens is 551 g/mol. The fraction of sp³-hybridized carbons (Fsp3) is 0.400. The Morgan fingerprint density at radius 3 is 2.42 bits per heavy atom. The molecule has 2 atom stereocenters. The highest BCUT2D eigenvalue weighted by atomic mass is 32.1. The molecule has 1 aromatic carbocycles. The summed E-state index contributed by atoms with van der Waals surface area (Å²) in [5.74, 6) is -2.52. The second kappa shape index (κ2) is 11.3. The molecule has 0 spiro atoms. The first-order valence-corrected chi connectivity index (χ1v) is 13.0. The standard InChI is InChI=1S/C23H27N7O2S.C2HF3O2/c1-12-8-18(25-16-11-29(4)28-19(12)16)26-22(31)15-6-7-17(21-20(15)27-23(32-5)33-21)30-9-13(2)24-14(3)10-30;3-2(4,5)1(6)7/h6-8,11,13-14,24H,9-10H2,1-5H3,(H,25,26,31);(H,6,7)/t13-,14-;/m0./s1. The number of methoxy groups -OCH3 is 1. The van der Waals surface area contributed by atoms with Gasteiger partial charge in [0.1, 0.15) is 22.4 Å². The van der Waals surface area contributed by atoms with E-state index < -0.39 is 12.1 Å². The summed E-state index contributed by atoms with van der Waals surface area (Å²) in [6.07, 6.45) is -3.24. The van der Waals surface area contributed by atoms with Gasteiger partial charge in [0.2, 0.25) is 0 Å². The molecule has 0 aliphatic carbocycles. The van der Waals surface area contributed by atoms with E-state index in [2.05, 4.69) is 44.4 Å². The van der Waals surface area contributed by atoms with E-state index in [1.165, 1.54) is 11.3 Å². The van der Waals surface area contributed by atoms with Crippen molar-refractivity contribution in [3.63, 3.8) is 0 Å². The van der Waals surface area contributed by atoms with Gasteiger partial charge >= 0.3 is 12.1 Å². The number of aliphatic carboxylic acids is 1. The van der Waals surface area contributed by atoms with Gasteiger partial charge in [-0.25, -0.2) is 14.8 Å². The van der Waals surface area contributed by atoms with Crippen LogP contribution in [0.2, 0.25) is 0 Å². The molecule has 3 N–H and O–H groups in total. The first-order valence-electron chi connectivity index (χ1n) is 12.2. The van der Waals surface area contributed by atoms with Crippen LogP contribution < -0.4 is 20.3 Å². The van der Waals surface area contributed by atoms with Crippen molar-refractivity contribution in [2.24, 2.45) is 7.05 Å². The molecule has 1 saturated heterocycles. The van der Waals surface area contributed by atoms with Crippen LogP contribution in [0.4, 0.5) is 24.7 Å². The summed E-state index contributed by atoms with van der Waals surface area (Å²) in [6.45, 7) is 8.10. The molecule has 1 amide bonds. The number of anilines is 2. The van der Waals surface area contributed by atoms with E-state index in [9.17, 15) is 18.0 Å². The van der Waals surface area contributed by atoms with E-state index in [1.54, 1.807) is 11.8 Å². The summed E-state index contributed by atoms with van der Waals surface area (Å²) >= 11 is 1.46. The number of pyridine rings is 1. The largest absolute Gasteiger partial charge is 0.490 e. The number of amides is 1. The maximum Gasteiger partial charge on any atom is 0.490 e. The third-order valence-electron chi connectivity index (χ3n) is 6.08. The highest BCUT2D eigenvalue weighted by Gasteiger charge is 2.38. The molecule has 0 saturated carbocycles. The van der Waals surface area contributed by atoms with Gasteiger partial charge in [0, 0.05) is 32.2 Å². The number of aryl methyl sites for hydroxylation is 2. The lowest BCUT2D eigenvalue weighted by molar-refractivity contribution is -0.192. The third-order valence-corrected chi connectivity index (χ3v) is 7.12. The van der Waals surface area contributed by atoms with E-state index in [4.69, 9.17) is 14.6 Å². The zero-order chi connectivity index (χ0) is 29.4. The second-order valence-electron chi connectivity index (χ2n) is 9.49. The van der Waals surface area contributed by atoms with Gasteiger partial charge in [-0.15, -0.1) is 0 Å². The van der Waals surface area contributed by atoms with Gasteiger partial charge in [-0.05, 0) is 44.5 Å². The first kappa shape index (κ1) is 29.0. The second-order valence-corrected chi connectivity index (χ2v) is 10.4. The van der Waals surface area contributed by atoms with Crippen molar-refractivity contribution in [3.05, 3.63) is 35.5 Å². The Balaban J connectivity index is 0.000000470. The number of ether oxygens (including phenoxy) is 1. The zero-order valence-electron chi connectivity index (χ0n) is 22.3. The van der Waals surface area contributed by atoms with Crippen LogP contribution in [0.15, 0.2) is 24.4 Å². The molecule has 0 bridgehead atoms. The molecule has 5 rings (SSSR count). The average molecular weight is 580 g/mol. The van der Waals surface area contributed by atoms with Gasteiger partial charge in [-0.1, -0.05) is 11.3 Å². The molecule has 4 aromatic rings. The Hall–Kier alpha value is -3.98. The van der Waals surface area contributed by atoms with Gasteiger partial charge in [0.15, 0.2) is 0 Å². The Labute approximate surface area is 231 Å². The first-order chi connectivity index (χ1) is 18.8. The fourth-order valence-electron chi connectivity index (χ4n) is 4.54. The van der Waals surface area contributed by atoms with E-state index in [1.807, 2.05) is 38.4 Å². The molecule has 1 aliphatic heterocycles. The van der Waals surface area contributed by atoms with Crippen LogP contribution >= 0.6 is 11.3 Å². The lowest BCUT2D eigenvalue weighted by Gasteiger charge is -2.37. The van der Waals surface area contributed by atoms with Crippen molar-refractivity contribution >= 4 is 56.0 Å². The van der Waals surface area contributed by atoms with Gasteiger partial charge < -0.3 is 25.4 Å². The predicted octanol–water partition coefficient (Wildman–Crippen LogP) is 3.97. The Kier molecular flexibility index (Phi) is 8.16. The normalized spacial score (nSPS) is 17.4. The van der Waals surface area contributed by atoms with Crippen molar-refractivity contribution in [1.82, 2.24) is 25.1 Å². The SMILES string of the molecule is COc1nc2c(C(=O)Nc3cc(C)c4nn(C)cc4n3)ccc(N3C[C@H](C)N[C@@H](C)C3)c2s1.O=C(O)C(F)(F)F. The smallest absolute Gasteiger partial charge is 0.475 e. The molecule has 0 radical (unpaired) electrons. The minimum atomic E-state index is -5.08. The van der Waals surface area contributed by atoms with E-state index >= 15 is 0 Å². The van der Waals surface area contributed by atoms with Crippen LogP contribution in [0.3, 0.4) is 0 Å². The van der Waals surface area contributed by atoms with Crippen LogP contribution in [0.1, 0.15) is 29.8 Å². The number of carboxylic acid groups (broad SMARTS) is 1. The number of halogens is 3. The number of carboxylic acids is 1. The van der Waals surface area contributed by atoms with E-state index in [0.29, 0.717) is 34.2 Å². The summed E-state index contributed by atoms with van der Waals surface area (Å²) in [6, 6.07) is 6.45. The van der Waals surface area contributed by atoms with E-state index in [-0.39, 0.29) is 5.91 Å². The highest BCUT2D eigenvalue weighted by Crippen LogP contribution is 2.38. The Bertz CT molecular complexity index is 1560. The number of thiazole rings is 1. The molecule has 11 nitrogen and oxygen atoms in total. The zero-order valence-corrected chi connectivity index (χ0v) is 23.1. The molecule has 4 heterocycles. The number of rotatable bonds is 4. The van der Waals surface area contributed by atoms with Crippen LogP contribution in [0, 0.1) is 6.92 Å². The molecule has 15 heteroatoms. The van der Waals surface area contributed by atoms with Crippen LogP contribution in [0.25, 0.3) is 21.3 Å². The molecular formula is C25H28F3N7O4S. The fourth-order valence-corrected chi connectivity index (χ4v) is 5.49. The van der Waals surface area contributed by atoms with Crippen LogP contribution in [-0.2, 0) is 11.8 Å². The van der Waals surface area contributed by atoms with Gasteiger partial charge in [0.05, 0.1) is 29.3 Å². The summed E-state index contributed by atoms with van der Waals surface area (Å²) in [5, 5.41) is 18.6. The molecule has 1 aliphatic rings. The number of benzene rings is 1. The number of piperazine rings is 1. The molecule has 1 fully saturated rings. The van der Waals surface area contributed by atoms with Gasteiger partial charge in [-0.2, -0.15) is 18.3 Å². The minimum Gasteiger partial charge on any atom is -0.475 e. The third kappa shape index (κ3) is 6.25. The summed E-state index contributed by atoms with van der Waals surface area (Å²) in [5.41, 5.74) is 4.73. The van der Waals surface area contributed by atoms with Crippen molar-refractivity contribution in [3.8, 4) is 5.19 Å². The average Bonchev–Trinajstić information content (AvgIpc) is 3.46. The van der Waals surface area contributed by atoms with Crippen molar-refractivity contribution < 1.29 is 32.6 Å². The summed E-state index contributed by atoms with van der Waals surface area (Å²) in [7, 11) is 3.45. The molecule has 3 aromatic heterocycles. The van der Waals surface area contributed by atoms with E-state index in [0.717, 1.165) is 40.1 Å². The number of hydrogen-bond acceptors (Lipinski definition) is 9. The molecule has 40 heavy (non-hydrogen) atoms. The van der Waals surface area contributed by atoms with Crippen molar-refractivity contribution in [1.29, 1.82) is 0 Å². The molecule has 0 unspecified atom stereocenters. The minimum absolute atomic E-state index is 0.253. The van der Waals surface area contributed by atoms with Crippen LogP contribution in [-0.4, -0.2) is 75.2 Å². The molecule has 214 valence electrons. The quantitative estimate of drug-likeness (QED) is 0.328. The van der Waals surface area contributed by atoms with Gasteiger partial charge in [0.25, 0.3) is 11.1 Å². The predicted molar refractivity (Wildman–Crippen MR) is 145 cm³/mol.